The fourth-order valence-corrected chi connectivity index (χ4v) is 2.33. The average molecular weight is 312 g/mol. The molecule has 0 aliphatic rings. The van der Waals surface area contributed by atoms with Crippen LogP contribution in [0.3, 0.4) is 0 Å². The van der Waals surface area contributed by atoms with Crippen LogP contribution in [-0.4, -0.2) is 27.8 Å². The van der Waals surface area contributed by atoms with Crippen molar-refractivity contribution in [1.82, 2.24) is 15.4 Å². The Morgan fingerprint density at radius 2 is 2.09 bits per heavy atom. The van der Waals surface area contributed by atoms with Gasteiger partial charge in [-0.1, -0.05) is 23.9 Å². The zero-order valence-corrected chi connectivity index (χ0v) is 12.3. The predicted octanol–water partition coefficient (Wildman–Crippen LogP) is 2.47. The molecule has 0 saturated heterocycles. The lowest BCUT2D eigenvalue weighted by molar-refractivity contribution is -0.118. The maximum Gasteiger partial charge on any atom is 0.257 e. The molecule has 0 aliphatic heterocycles. The molecule has 0 radical (unpaired) electrons. The molecule has 110 valence electrons. The summed E-state index contributed by atoms with van der Waals surface area (Å²) in [5.41, 5.74) is 4.81. The molecule has 7 heteroatoms. The van der Waals surface area contributed by atoms with Crippen molar-refractivity contribution in [2.75, 3.05) is 5.75 Å². The van der Waals surface area contributed by atoms with Crippen molar-refractivity contribution in [1.29, 1.82) is 0 Å². The molecule has 3 rings (SSSR count). The molecule has 1 amide bonds. The summed E-state index contributed by atoms with van der Waals surface area (Å²) in [6.07, 6.45) is 4.88. The van der Waals surface area contributed by atoms with Gasteiger partial charge in [0.2, 0.25) is 0 Å². The van der Waals surface area contributed by atoms with Crippen molar-refractivity contribution < 1.29 is 9.21 Å². The normalized spacial score (nSPS) is 11.1. The van der Waals surface area contributed by atoms with Gasteiger partial charge in [-0.05, 0) is 29.8 Å². The molecular weight excluding hydrogens is 300 g/mol. The van der Waals surface area contributed by atoms with Crippen molar-refractivity contribution >= 4 is 35.0 Å². The molecular formula is C15H12N4O2S. The number of benzene rings is 1. The quantitative estimate of drug-likeness (QED) is 0.445. The first-order valence-electron chi connectivity index (χ1n) is 6.51. The monoisotopic (exact) mass is 312 g/mol. The van der Waals surface area contributed by atoms with Gasteiger partial charge in [0.25, 0.3) is 11.1 Å². The molecule has 0 unspecified atom stereocenters. The Kier molecular flexibility index (Phi) is 4.45. The highest BCUT2D eigenvalue weighted by Gasteiger charge is 2.08. The minimum atomic E-state index is -0.224. The summed E-state index contributed by atoms with van der Waals surface area (Å²) in [7, 11) is 0. The maximum absolute atomic E-state index is 11.7. The number of pyridine rings is 1. The Hall–Kier alpha value is -2.67. The highest BCUT2D eigenvalue weighted by Crippen LogP contribution is 2.22. The van der Waals surface area contributed by atoms with Gasteiger partial charge in [-0.3, -0.25) is 9.78 Å². The van der Waals surface area contributed by atoms with Crippen molar-refractivity contribution in [3.63, 3.8) is 0 Å². The first-order valence-corrected chi connectivity index (χ1v) is 7.50. The molecule has 6 nitrogen and oxygen atoms in total. The first-order chi connectivity index (χ1) is 10.8. The van der Waals surface area contributed by atoms with Gasteiger partial charge in [0.05, 0.1) is 12.0 Å². The summed E-state index contributed by atoms with van der Waals surface area (Å²) in [4.78, 5) is 19.9. The van der Waals surface area contributed by atoms with Crippen LogP contribution >= 0.6 is 11.8 Å². The molecule has 0 atom stereocenters. The molecule has 0 aliphatic carbocycles. The van der Waals surface area contributed by atoms with Gasteiger partial charge in [0.15, 0.2) is 5.58 Å². The van der Waals surface area contributed by atoms with Gasteiger partial charge in [0, 0.05) is 12.4 Å². The van der Waals surface area contributed by atoms with E-state index in [9.17, 15) is 4.79 Å². The highest BCUT2D eigenvalue weighted by atomic mass is 32.2. The Morgan fingerprint density at radius 1 is 1.27 bits per heavy atom. The number of carbonyl (C=O) groups is 1. The van der Waals surface area contributed by atoms with E-state index in [0.29, 0.717) is 10.8 Å². The third-order valence-electron chi connectivity index (χ3n) is 2.71. The molecule has 1 aromatic carbocycles. The van der Waals surface area contributed by atoms with E-state index in [1.54, 1.807) is 30.7 Å². The van der Waals surface area contributed by atoms with Gasteiger partial charge in [0.1, 0.15) is 5.52 Å². The largest absolute Gasteiger partial charge is 0.431 e. The van der Waals surface area contributed by atoms with Gasteiger partial charge in [-0.25, -0.2) is 10.4 Å². The highest BCUT2D eigenvalue weighted by molar-refractivity contribution is 7.99. The van der Waals surface area contributed by atoms with E-state index in [1.165, 1.54) is 11.8 Å². The topological polar surface area (TPSA) is 80.4 Å². The molecule has 22 heavy (non-hydrogen) atoms. The summed E-state index contributed by atoms with van der Waals surface area (Å²) >= 11 is 1.23. The van der Waals surface area contributed by atoms with Crippen LogP contribution in [0.2, 0.25) is 0 Å². The molecule has 3 aromatic rings. The lowest BCUT2D eigenvalue weighted by Crippen LogP contribution is -2.19. The van der Waals surface area contributed by atoms with E-state index in [0.717, 1.165) is 11.1 Å². The van der Waals surface area contributed by atoms with Crippen LogP contribution in [-0.2, 0) is 4.79 Å². The zero-order chi connectivity index (χ0) is 15.2. The maximum atomic E-state index is 11.7. The van der Waals surface area contributed by atoms with Crippen LogP contribution in [0.1, 0.15) is 5.56 Å². The summed E-state index contributed by atoms with van der Waals surface area (Å²) < 4.78 is 5.52. The smallest absolute Gasteiger partial charge is 0.257 e. The number of carbonyl (C=O) groups excluding carboxylic acids is 1. The summed E-state index contributed by atoms with van der Waals surface area (Å²) in [5, 5.41) is 4.35. The Morgan fingerprint density at radius 3 is 2.91 bits per heavy atom. The van der Waals surface area contributed by atoms with Crippen LogP contribution in [0.25, 0.3) is 11.1 Å². The number of aromatic nitrogens is 2. The Balaban J connectivity index is 1.51. The number of hydrogen-bond acceptors (Lipinski definition) is 6. The molecule has 0 spiro atoms. The van der Waals surface area contributed by atoms with Crippen molar-refractivity contribution in [2.45, 2.75) is 5.22 Å². The molecule has 2 aromatic heterocycles. The third-order valence-corrected chi connectivity index (χ3v) is 3.54. The molecule has 2 heterocycles. The number of thioether (sulfide) groups is 1. The number of rotatable bonds is 5. The van der Waals surface area contributed by atoms with Crippen molar-refractivity contribution in [3.8, 4) is 0 Å². The molecule has 0 bridgehead atoms. The standard InChI is InChI=1S/C15H12N4O2S/c20-14(19-17-9-11-5-7-16-8-6-11)10-22-15-18-12-3-1-2-4-13(12)21-15/h1-9H,10H2,(H,19,20). The number of nitrogens with one attached hydrogen (secondary N) is 1. The second-order valence-electron chi connectivity index (χ2n) is 4.31. The van der Waals surface area contributed by atoms with Crippen LogP contribution in [0.15, 0.2) is 63.5 Å². The number of oxazole rings is 1. The summed E-state index contributed by atoms with van der Waals surface area (Å²) in [5.74, 6) is -0.0434. The molecule has 0 fully saturated rings. The number of para-hydroxylation sites is 2. The average Bonchev–Trinajstić information content (AvgIpc) is 2.97. The second-order valence-corrected chi connectivity index (χ2v) is 5.24. The van der Waals surface area contributed by atoms with Crippen LogP contribution < -0.4 is 5.43 Å². The number of hydrogen-bond donors (Lipinski definition) is 1. The molecule has 1 N–H and O–H groups in total. The number of amides is 1. The van der Waals surface area contributed by atoms with Crippen LogP contribution in [0.4, 0.5) is 0 Å². The molecule has 0 saturated carbocycles. The Bertz CT molecular complexity index is 768. The second kappa shape index (κ2) is 6.86. The van der Waals surface area contributed by atoms with E-state index in [4.69, 9.17) is 4.42 Å². The van der Waals surface area contributed by atoms with Gasteiger partial charge in [-0.2, -0.15) is 5.10 Å². The van der Waals surface area contributed by atoms with Gasteiger partial charge < -0.3 is 4.42 Å². The van der Waals surface area contributed by atoms with E-state index < -0.39 is 0 Å². The van der Waals surface area contributed by atoms with E-state index in [-0.39, 0.29) is 11.7 Å². The predicted molar refractivity (Wildman–Crippen MR) is 84.7 cm³/mol. The summed E-state index contributed by atoms with van der Waals surface area (Å²) in [6, 6.07) is 11.1. The number of hydrazone groups is 1. The van der Waals surface area contributed by atoms with E-state index in [1.807, 2.05) is 24.3 Å². The lowest BCUT2D eigenvalue weighted by Gasteiger charge is -1.97. The number of nitrogens with zero attached hydrogens (tertiary/aromatic N) is 3. The number of fused-ring (bicyclic) bond motifs is 1. The SMILES string of the molecule is O=C(CSc1nc2ccccc2o1)NN=Cc1ccncc1. The van der Waals surface area contributed by atoms with Gasteiger partial charge >= 0.3 is 0 Å². The van der Waals surface area contributed by atoms with Crippen molar-refractivity contribution in [2.24, 2.45) is 5.10 Å². The van der Waals surface area contributed by atoms with Crippen LogP contribution in [0, 0.1) is 0 Å². The first kappa shape index (κ1) is 14.3. The summed E-state index contributed by atoms with van der Waals surface area (Å²) in [6.45, 7) is 0. The fraction of sp³-hybridized carbons (Fsp3) is 0.0667. The van der Waals surface area contributed by atoms with E-state index in [2.05, 4.69) is 20.5 Å². The minimum Gasteiger partial charge on any atom is -0.431 e. The van der Waals surface area contributed by atoms with E-state index >= 15 is 0 Å². The van der Waals surface area contributed by atoms with Crippen molar-refractivity contribution in [3.05, 3.63) is 54.4 Å². The zero-order valence-electron chi connectivity index (χ0n) is 11.5. The fourth-order valence-electron chi connectivity index (χ4n) is 1.70. The lowest BCUT2D eigenvalue weighted by atomic mass is 10.3. The van der Waals surface area contributed by atoms with Gasteiger partial charge in [-0.15, -0.1) is 0 Å². The van der Waals surface area contributed by atoms with Crippen LogP contribution in [0.5, 0.6) is 0 Å². The minimum absolute atomic E-state index is 0.181. The third kappa shape index (κ3) is 3.70. The Labute approximate surface area is 130 Å².